The van der Waals surface area contributed by atoms with Gasteiger partial charge in [-0.1, -0.05) is 48.5 Å². The van der Waals surface area contributed by atoms with Crippen LogP contribution in [-0.4, -0.2) is 27.1 Å². The first kappa shape index (κ1) is 17.4. The van der Waals surface area contributed by atoms with Crippen LogP contribution < -0.4 is 0 Å². The Morgan fingerprint density at radius 2 is 1.89 bits per heavy atom. The van der Waals surface area contributed by atoms with E-state index < -0.39 is 6.43 Å². The third kappa shape index (κ3) is 3.60. The SMILES string of the molecule is O=C(Cc1ccccc1)N1CCn2ncc(-c3cccc(C(F)F)c3)c2C1. The van der Waals surface area contributed by atoms with Gasteiger partial charge in [-0.05, 0) is 17.2 Å². The minimum absolute atomic E-state index is 0.0136. The van der Waals surface area contributed by atoms with Crippen molar-refractivity contribution in [2.45, 2.75) is 25.9 Å². The highest BCUT2D eigenvalue weighted by Gasteiger charge is 2.24. The zero-order chi connectivity index (χ0) is 18.8. The minimum Gasteiger partial charge on any atom is -0.335 e. The summed E-state index contributed by atoms with van der Waals surface area (Å²) in [6, 6.07) is 16.0. The molecular formula is C21H19F2N3O. The molecule has 2 heterocycles. The lowest BCUT2D eigenvalue weighted by Gasteiger charge is -2.28. The second-order valence-corrected chi connectivity index (χ2v) is 6.63. The molecule has 0 atom stereocenters. The molecule has 3 aromatic rings. The summed E-state index contributed by atoms with van der Waals surface area (Å²) in [7, 11) is 0. The highest BCUT2D eigenvalue weighted by Crippen LogP contribution is 2.30. The van der Waals surface area contributed by atoms with Crippen molar-refractivity contribution in [3.8, 4) is 11.1 Å². The summed E-state index contributed by atoms with van der Waals surface area (Å²) in [5.41, 5.74) is 3.35. The maximum Gasteiger partial charge on any atom is 0.263 e. The molecule has 1 aliphatic rings. The van der Waals surface area contributed by atoms with E-state index in [0.717, 1.165) is 16.8 Å². The summed E-state index contributed by atoms with van der Waals surface area (Å²) in [6.07, 6.45) is -0.462. The number of fused-ring (bicyclic) bond motifs is 1. The fraction of sp³-hybridized carbons (Fsp3) is 0.238. The first-order valence-electron chi connectivity index (χ1n) is 8.86. The van der Waals surface area contributed by atoms with Crippen molar-refractivity contribution < 1.29 is 13.6 Å². The van der Waals surface area contributed by atoms with Gasteiger partial charge in [0.15, 0.2) is 0 Å². The van der Waals surface area contributed by atoms with Crippen LogP contribution in [0.3, 0.4) is 0 Å². The molecule has 6 heteroatoms. The van der Waals surface area contributed by atoms with Crippen LogP contribution in [0.25, 0.3) is 11.1 Å². The van der Waals surface area contributed by atoms with E-state index in [9.17, 15) is 13.6 Å². The number of aromatic nitrogens is 2. The molecule has 0 saturated heterocycles. The molecule has 4 rings (SSSR count). The van der Waals surface area contributed by atoms with E-state index in [0.29, 0.717) is 31.6 Å². The number of hydrogen-bond donors (Lipinski definition) is 0. The molecule has 0 bridgehead atoms. The van der Waals surface area contributed by atoms with Gasteiger partial charge in [0, 0.05) is 17.7 Å². The quantitative estimate of drug-likeness (QED) is 0.697. The fourth-order valence-electron chi connectivity index (χ4n) is 3.42. The third-order valence-corrected chi connectivity index (χ3v) is 4.87. The first-order valence-corrected chi connectivity index (χ1v) is 8.86. The monoisotopic (exact) mass is 367 g/mol. The van der Waals surface area contributed by atoms with Crippen LogP contribution in [-0.2, 0) is 24.3 Å². The van der Waals surface area contributed by atoms with Gasteiger partial charge >= 0.3 is 0 Å². The Bertz CT molecular complexity index is 953. The van der Waals surface area contributed by atoms with Crippen molar-refractivity contribution in [2.75, 3.05) is 6.54 Å². The van der Waals surface area contributed by atoms with Gasteiger partial charge in [-0.25, -0.2) is 8.78 Å². The van der Waals surface area contributed by atoms with Gasteiger partial charge in [-0.2, -0.15) is 5.10 Å². The zero-order valence-corrected chi connectivity index (χ0v) is 14.7. The smallest absolute Gasteiger partial charge is 0.263 e. The van der Waals surface area contributed by atoms with Gasteiger partial charge in [0.05, 0.1) is 31.4 Å². The molecule has 0 N–H and O–H groups in total. The number of amides is 1. The molecule has 0 saturated carbocycles. The van der Waals surface area contributed by atoms with E-state index in [-0.39, 0.29) is 11.5 Å². The van der Waals surface area contributed by atoms with Crippen molar-refractivity contribution in [3.05, 3.63) is 77.6 Å². The molecule has 4 nitrogen and oxygen atoms in total. The largest absolute Gasteiger partial charge is 0.335 e. The number of carbonyl (C=O) groups is 1. The van der Waals surface area contributed by atoms with Gasteiger partial charge < -0.3 is 4.90 Å². The predicted molar refractivity (Wildman–Crippen MR) is 98.2 cm³/mol. The van der Waals surface area contributed by atoms with Crippen molar-refractivity contribution in [1.29, 1.82) is 0 Å². The van der Waals surface area contributed by atoms with Gasteiger partial charge in [-0.3, -0.25) is 9.48 Å². The lowest BCUT2D eigenvalue weighted by molar-refractivity contribution is -0.131. The third-order valence-electron chi connectivity index (χ3n) is 4.87. The number of benzene rings is 2. The van der Waals surface area contributed by atoms with Crippen molar-refractivity contribution in [1.82, 2.24) is 14.7 Å². The summed E-state index contributed by atoms with van der Waals surface area (Å²) >= 11 is 0. The van der Waals surface area contributed by atoms with E-state index in [1.165, 1.54) is 12.1 Å². The van der Waals surface area contributed by atoms with Crippen molar-refractivity contribution in [3.63, 3.8) is 0 Å². The Labute approximate surface area is 156 Å². The average Bonchev–Trinajstić information content (AvgIpc) is 3.12. The van der Waals surface area contributed by atoms with E-state index in [1.54, 1.807) is 18.3 Å². The van der Waals surface area contributed by atoms with Gasteiger partial charge in [-0.15, -0.1) is 0 Å². The molecule has 0 spiro atoms. The number of hydrogen-bond acceptors (Lipinski definition) is 2. The van der Waals surface area contributed by atoms with Gasteiger partial charge in [0.2, 0.25) is 5.91 Å². The molecular weight excluding hydrogens is 348 g/mol. The number of nitrogens with zero attached hydrogens (tertiary/aromatic N) is 3. The highest BCUT2D eigenvalue weighted by atomic mass is 19.3. The molecule has 1 aromatic heterocycles. The first-order chi connectivity index (χ1) is 13.1. The van der Waals surface area contributed by atoms with E-state index in [2.05, 4.69) is 5.10 Å². The van der Waals surface area contributed by atoms with Crippen LogP contribution in [0.4, 0.5) is 8.78 Å². The van der Waals surface area contributed by atoms with Gasteiger partial charge in [0.25, 0.3) is 6.43 Å². The van der Waals surface area contributed by atoms with Crippen LogP contribution >= 0.6 is 0 Å². The second-order valence-electron chi connectivity index (χ2n) is 6.63. The average molecular weight is 367 g/mol. The van der Waals surface area contributed by atoms with Crippen molar-refractivity contribution in [2.24, 2.45) is 0 Å². The minimum atomic E-state index is -2.51. The predicted octanol–water partition coefficient (Wildman–Crippen LogP) is 4.07. The van der Waals surface area contributed by atoms with Crippen molar-refractivity contribution >= 4 is 5.91 Å². The molecule has 0 fully saturated rings. The van der Waals surface area contributed by atoms with E-state index in [4.69, 9.17) is 0 Å². The van der Waals surface area contributed by atoms with Gasteiger partial charge in [0.1, 0.15) is 0 Å². The molecule has 138 valence electrons. The standard InChI is InChI=1S/C21H19F2N3O/c22-21(23)17-8-4-7-16(12-17)18-13-24-26-10-9-25(14-19(18)26)20(27)11-15-5-2-1-3-6-15/h1-8,12-13,21H,9-11,14H2. The normalized spacial score (nSPS) is 13.7. The summed E-state index contributed by atoms with van der Waals surface area (Å²) < 4.78 is 27.9. The van der Waals surface area contributed by atoms with Crippen LogP contribution in [0, 0.1) is 0 Å². The Morgan fingerprint density at radius 1 is 1.07 bits per heavy atom. The zero-order valence-electron chi connectivity index (χ0n) is 14.7. The Kier molecular flexibility index (Phi) is 4.71. The number of alkyl halides is 2. The summed E-state index contributed by atoms with van der Waals surface area (Å²) in [5.74, 6) is 0.0564. The van der Waals surface area contributed by atoms with Crippen LogP contribution in [0.1, 0.15) is 23.2 Å². The molecule has 0 unspecified atom stereocenters. The molecule has 1 aliphatic heterocycles. The molecule has 0 aliphatic carbocycles. The summed E-state index contributed by atoms with van der Waals surface area (Å²) in [6.45, 7) is 1.63. The van der Waals surface area contributed by atoms with Crippen LogP contribution in [0.15, 0.2) is 60.8 Å². The maximum atomic E-state index is 13.0. The Hall–Kier alpha value is -3.02. The second kappa shape index (κ2) is 7.31. The lowest BCUT2D eigenvalue weighted by Crippen LogP contribution is -2.39. The molecule has 27 heavy (non-hydrogen) atoms. The van der Waals surface area contributed by atoms with E-state index in [1.807, 2.05) is 39.9 Å². The topological polar surface area (TPSA) is 38.1 Å². The molecule has 2 aromatic carbocycles. The Morgan fingerprint density at radius 3 is 2.67 bits per heavy atom. The van der Waals surface area contributed by atoms with E-state index >= 15 is 0 Å². The number of rotatable bonds is 4. The highest BCUT2D eigenvalue weighted by molar-refractivity contribution is 5.79. The number of carbonyl (C=O) groups excluding carboxylic acids is 1. The molecule has 1 amide bonds. The Balaban J connectivity index is 1.57. The summed E-state index contributed by atoms with van der Waals surface area (Å²) in [4.78, 5) is 14.5. The maximum absolute atomic E-state index is 13.0. The fourth-order valence-corrected chi connectivity index (χ4v) is 3.42. The lowest BCUT2D eigenvalue weighted by atomic mass is 10.0. The van der Waals surface area contributed by atoms with Crippen LogP contribution in [0.5, 0.6) is 0 Å². The number of halogens is 2. The molecule has 0 radical (unpaired) electrons. The summed E-state index contributed by atoms with van der Waals surface area (Å²) in [5, 5.41) is 4.38. The van der Waals surface area contributed by atoms with Crippen LogP contribution in [0.2, 0.25) is 0 Å².